The van der Waals surface area contributed by atoms with E-state index in [1.54, 1.807) is 0 Å². The maximum absolute atomic E-state index is 12.4. The third-order valence-electron chi connectivity index (χ3n) is 4.64. The molecule has 2 aliphatic rings. The van der Waals surface area contributed by atoms with E-state index in [1.807, 2.05) is 7.05 Å². The molecule has 0 amide bonds. The van der Waals surface area contributed by atoms with Gasteiger partial charge < -0.3 is 10.2 Å². The molecule has 6 heteroatoms. The molecule has 0 aromatic heterocycles. The molecular formula is C14H26F3N3. The number of nitrogens with zero attached hydrogens (tertiary/aromatic N) is 2. The molecule has 0 unspecified atom stereocenters. The number of alkyl halides is 3. The summed E-state index contributed by atoms with van der Waals surface area (Å²) in [5.74, 6) is 0. The normalized spacial score (nSPS) is 25.2. The summed E-state index contributed by atoms with van der Waals surface area (Å²) in [6.45, 7) is 3.90. The molecule has 1 aliphatic heterocycles. The Balaban J connectivity index is 1.78. The van der Waals surface area contributed by atoms with Gasteiger partial charge in [-0.3, -0.25) is 4.90 Å². The predicted molar refractivity (Wildman–Crippen MR) is 73.8 cm³/mol. The minimum atomic E-state index is -4.07. The van der Waals surface area contributed by atoms with Gasteiger partial charge in [0.2, 0.25) is 0 Å². The minimum Gasteiger partial charge on any atom is -0.319 e. The minimum absolute atomic E-state index is 0.348. The van der Waals surface area contributed by atoms with Gasteiger partial charge in [-0.1, -0.05) is 12.8 Å². The Bertz CT molecular complexity index is 293. The molecule has 2 rings (SSSR count). The van der Waals surface area contributed by atoms with E-state index in [0.29, 0.717) is 18.5 Å². The lowest BCUT2D eigenvalue weighted by atomic mass is 9.85. The topological polar surface area (TPSA) is 18.5 Å². The van der Waals surface area contributed by atoms with Crippen molar-refractivity contribution in [1.29, 1.82) is 0 Å². The second-order valence-electron chi connectivity index (χ2n) is 6.40. The van der Waals surface area contributed by atoms with Crippen LogP contribution in [0.4, 0.5) is 13.2 Å². The van der Waals surface area contributed by atoms with E-state index in [1.165, 1.54) is 30.6 Å². The van der Waals surface area contributed by atoms with Crippen LogP contribution in [0.5, 0.6) is 0 Å². The van der Waals surface area contributed by atoms with Crippen LogP contribution in [0, 0.1) is 5.41 Å². The van der Waals surface area contributed by atoms with Crippen LogP contribution in [0.15, 0.2) is 0 Å². The average Bonchev–Trinajstić information content (AvgIpc) is 2.79. The summed E-state index contributed by atoms with van der Waals surface area (Å²) in [7, 11) is 1.99. The smallest absolute Gasteiger partial charge is 0.319 e. The van der Waals surface area contributed by atoms with Crippen LogP contribution in [-0.4, -0.2) is 68.8 Å². The third kappa shape index (κ3) is 4.60. The number of rotatable bonds is 5. The van der Waals surface area contributed by atoms with Crippen molar-refractivity contribution in [3.05, 3.63) is 0 Å². The van der Waals surface area contributed by atoms with Gasteiger partial charge in [0.1, 0.15) is 0 Å². The van der Waals surface area contributed by atoms with Gasteiger partial charge in [0.25, 0.3) is 0 Å². The van der Waals surface area contributed by atoms with Crippen LogP contribution in [0.25, 0.3) is 0 Å². The monoisotopic (exact) mass is 293 g/mol. The van der Waals surface area contributed by atoms with E-state index < -0.39 is 12.7 Å². The van der Waals surface area contributed by atoms with Gasteiger partial charge in [0.15, 0.2) is 0 Å². The Labute approximate surface area is 119 Å². The highest BCUT2D eigenvalue weighted by molar-refractivity contribution is 4.90. The van der Waals surface area contributed by atoms with Crippen molar-refractivity contribution in [2.45, 2.75) is 31.9 Å². The lowest BCUT2D eigenvalue weighted by Crippen LogP contribution is -2.52. The SMILES string of the molecule is CNCC1(CN2CCN(CC(F)(F)F)CC2)CCCC1. The molecule has 118 valence electrons. The number of halogens is 3. The highest BCUT2D eigenvalue weighted by Crippen LogP contribution is 2.38. The van der Waals surface area contributed by atoms with E-state index >= 15 is 0 Å². The molecule has 0 spiro atoms. The first-order chi connectivity index (χ1) is 9.42. The molecule has 1 N–H and O–H groups in total. The maximum Gasteiger partial charge on any atom is 0.401 e. The summed E-state index contributed by atoms with van der Waals surface area (Å²) >= 11 is 0. The van der Waals surface area contributed by atoms with Crippen molar-refractivity contribution in [1.82, 2.24) is 15.1 Å². The van der Waals surface area contributed by atoms with Gasteiger partial charge in [-0.15, -0.1) is 0 Å². The summed E-state index contributed by atoms with van der Waals surface area (Å²) in [5, 5.41) is 3.29. The van der Waals surface area contributed by atoms with Crippen LogP contribution in [0.3, 0.4) is 0 Å². The van der Waals surface area contributed by atoms with Crippen LogP contribution in [-0.2, 0) is 0 Å². The number of hydrogen-bond acceptors (Lipinski definition) is 3. The van der Waals surface area contributed by atoms with Gasteiger partial charge in [0.05, 0.1) is 6.54 Å². The molecule has 3 nitrogen and oxygen atoms in total. The molecule has 1 saturated heterocycles. The Kier molecular flexibility index (Phi) is 5.31. The standard InChI is InChI=1S/C14H26F3N3/c1-18-10-13(4-2-3-5-13)11-19-6-8-20(9-7-19)12-14(15,16)17/h18H,2-12H2,1H3. The molecular weight excluding hydrogens is 267 g/mol. The maximum atomic E-state index is 12.4. The third-order valence-corrected chi connectivity index (χ3v) is 4.64. The fourth-order valence-electron chi connectivity index (χ4n) is 3.72. The van der Waals surface area contributed by atoms with E-state index in [4.69, 9.17) is 0 Å². The first kappa shape index (κ1) is 16.0. The molecule has 20 heavy (non-hydrogen) atoms. The van der Waals surface area contributed by atoms with E-state index in [2.05, 4.69) is 10.2 Å². The van der Waals surface area contributed by atoms with Crippen LogP contribution < -0.4 is 5.32 Å². The van der Waals surface area contributed by atoms with Crippen molar-refractivity contribution >= 4 is 0 Å². The Morgan fingerprint density at radius 3 is 2.05 bits per heavy atom. The Morgan fingerprint density at radius 2 is 1.55 bits per heavy atom. The first-order valence-corrected chi connectivity index (χ1v) is 7.59. The number of piperazine rings is 1. The molecule has 2 fully saturated rings. The van der Waals surface area contributed by atoms with E-state index in [0.717, 1.165) is 26.2 Å². The summed E-state index contributed by atoms with van der Waals surface area (Å²) in [6, 6.07) is 0. The lowest BCUT2D eigenvalue weighted by molar-refractivity contribution is -0.149. The zero-order chi connectivity index (χ0) is 14.6. The summed E-state index contributed by atoms with van der Waals surface area (Å²) in [4.78, 5) is 3.88. The van der Waals surface area contributed by atoms with E-state index in [9.17, 15) is 13.2 Å². The first-order valence-electron chi connectivity index (χ1n) is 7.59. The predicted octanol–water partition coefficient (Wildman–Crippen LogP) is 1.95. The van der Waals surface area contributed by atoms with Crippen LogP contribution in [0.2, 0.25) is 0 Å². The molecule has 0 aromatic carbocycles. The Morgan fingerprint density at radius 1 is 1.00 bits per heavy atom. The van der Waals surface area contributed by atoms with Gasteiger partial charge in [0, 0.05) is 39.3 Å². The zero-order valence-corrected chi connectivity index (χ0v) is 12.3. The number of nitrogens with one attached hydrogen (secondary N) is 1. The van der Waals surface area contributed by atoms with Gasteiger partial charge in [-0.25, -0.2) is 0 Å². The molecule has 0 atom stereocenters. The van der Waals surface area contributed by atoms with Crippen molar-refractivity contribution in [3.63, 3.8) is 0 Å². The van der Waals surface area contributed by atoms with Crippen molar-refractivity contribution in [2.75, 3.05) is 52.9 Å². The van der Waals surface area contributed by atoms with Gasteiger partial charge in [-0.05, 0) is 25.3 Å². The second-order valence-corrected chi connectivity index (χ2v) is 6.40. The summed E-state index contributed by atoms with van der Waals surface area (Å²) < 4.78 is 37.1. The Hall–Kier alpha value is -0.330. The molecule has 0 bridgehead atoms. The number of hydrogen-bond donors (Lipinski definition) is 1. The van der Waals surface area contributed by atoms with Gasteiger partial charge >= 0.3 is 6.18 Å². The highest BCUT2D eigenvalue weighted by atomic mass is 19.4. The fourth-order valence-corrected chi connectivity index (χ4v) is 3.72. The fraction of sp³-hybridized carbons (Fsp3) is 1.00. The van der Waals surface area contributed by atoms with Crippen molar-refractivity contribution < 1.29 is 13.2 Å². The van der Waals surface area contributed by atoms with Crippen LogP contribution in [0.1, 0.15) is 25.7 Å². The highest BCUT2D eigenvalue weighted by Gasteiger charge is 2.37. The lowest BCUT2D eigenvalue weighted by Gasteiger charge is -2.40. The largest absolute Gasteiger partial charge is 0.401 e. The molecule has 0 radical (unpaired) electrons. The molecule has 0 aromatic rings. The summed E-state index contributed by atoms with van der Waals surface area (Å²) in [5.41, 5.74) is 0.348. The molecule has 1 heterocycles. The van der Waals surface area contributed by atoms with Crippen LogP contribution >= 0.6 is 0 Å². The summed E-state index contributed by atoms with van der Waals surface area (Å²) in [6.07, 6.45) is 1.000. The quantitative estimate of drug-likeness (QED) is 0.836. The van der Waals surface area contributed by atoms with E-state index in [-0.39, 0.29) is 0 Å². The molecule has 1 aliphatic carbocycles. The molecule has 1 saturated carbocycles. The van der Waals surface area contributed by atoms with Crippen molar-refractivity contribution in [3.8, 4) is 0 Å². The average molecular weight is 293 g/mol. The van der Waals surface area contributed by atoms with Crippen molar-refractivity contribution in [2.24, 2.45) is 5.41 Å². The van der Waals surface area contributed by atoms with Gasteiger partial charge in [-0.2, -0.15) is 13.2 Å². The second kappa shape index (κ2) is 6.62. The zero-order valence-electron chi connectivity index (χ0n) is 12.3.